The Labute approximate surface area is 128 Å². The monoisotopic (exact) mass is 349 g/mol. The number of rotatable bonds is 4. The topological polar surface area (TPSA) is 59.3 Å². The van der Waals surface area contributed by atoms with E-state index in [0.717, 1.165) is 0 Å². The van der Waals surface area contributed by atoms with Gasteiger partial charge in [-0.15, -0.1) is 0 Å². The maximum absolute atomic E-state index is 13.5. The Bertz CT molecular complexity index is 712. The first-order valence-electron chi connectivity index (χ1n) is 5.88. The lowest BCUT2D eigenvalue weighted by Crippen LogP contribution is -2.18. The molecule has 0 aliphatic carbocycles. The maximum atomic E-state index is 13.5. The van der Waals surface area contributed by atoms with E-state index in [1.807, 2.05) is 6.07 Å². The van der Waals surface area contributed by atoms with E-state index in [4.69, 9.17) is 14.7 Å². The summed E-state index contributed by atoms with van der Waals surface area (Å²) in [7, 11) is 0. The van der Waals surface area contributed by atoms with Gasteiger partial charge in [0.2, 0.25) is 0 Å². The Hall–Kier alpha value is -2.39. The van der Waals surface area contributed by atoms with Crippen molar-refractivity contribution in [2.24, 2.45) is 0 Å². The number of nitrogens with zero attached hydrogens (tertiary/aromatic N) is 1. The van der Waals surface area contributed by atoms with E-state index >= 15 is 0 Å². The molecule has 2 rings (SSSR count). The molecule has 0 heterocycles. The first kappa shape index (κ1) is 15.0. The zero-order valence-electron chi connectivity index (χ0n) is 10.7. The molecule has 0 saturated heterocycles. The van der Waals surface area contributed by atoms with E-state index in [1.165, 1.54) is 12.1 Å². The summed E-state index contributed by atoms with van der Waals surface area (Å²) in [6, 6.07) is 12.5. The molecule has 0 aliphatic rings. The van der Waals surface area contributed by atoms with Crippen LogP contribution in [0.15, 0.2) is 46.9 Å². The molecular formula is C15H9BrFNO3. The summed E-state index contributed by atoms with van der Waals surface area (Å²) in [6.07, 6.45) is 0. The van der Waals surface area contributed by atoms with Gasteiger partial charge < -0.3 is 9.47 Å². The van der Waals surface area contributed by atoms with Gasteiger partial charge >= 0.3 is 5.97 Å². The molecule has 106 valence electrons. The third kappa shape index (κ3) is 4.04. The molecule has 0 amide bonds. The molecule has 0 bridgehead atoms. The number of carbonyl (C=O) groups is 1. The van der Waals surface area contributed by atoms with Gasteiger partial charge in [0.05, 0.1) is 5.56 Å². The summed E-state index contributed by atoms with van der Waals surface area (Å²) < 4.78 is 24.1. The summed E-state index contributed by atoms with van der Waals surface area (Å²) >= 11 is 3.10. The second kappa shape index (κ2) is 6.86. The van der Waals surface area contributed by atoms with Crippen LogP contribution in [-0.2, 0) is 4.79 Å². The molecule has 0 fully saturated rings. The molecule has 0 atom stereocenters. The average Bonchev–Trinajstić information content (AvgIpc) is 2.48. The largest absolute Gasteiger partial charge is 0.481 e. The van der Waals surface area contributed by atoms with Gasteiger partial charge in [0.15, 0.2) is 18.2 Å². The Balaban J connectivity index is 1.98. The SMILES string of the molecule is N#Cc1ccccc1OCC(=O)Oc1ccc(Br)cc1F. The number of hydrogen-bond donors (Lipinski definition) is 0. The Kier molecular flexibility index (Phi) is 4.90. The van der Waals surface area contributed by atoms with Crippen LogP contribution in [0.1, 0.15) is 5.56 Å². The maximum Gasteiger partial charge on any atom is 0.349 e. The van der Waals surface area contributed by atoms with Gasteiger partial charge in [-0.1, -0.05) is 28.1 Å². The van der Waals surface area contributed by atoms with Crippen LogP contribution in [0.25, 0.3) is 0 Å². The van der Waals surface area contributed by atoms with Crippen LogP contribution in [0, 0.1) is 17.1 Å². The molecule has 6 heteroatoms. The minimum absolute atomic E-state index is 0.180. The molecule has 0 aromatic heterocycles. The normalized spacial score (nSPS) is 9.76. The van der Waals surface area contributed by atoms with E-state index < -0.39 is 18.4 Å². The van der Waals surface area contributed by atoms with Crippen LogP contribution in [0.5, 0.6) is 11.5 Å². The highest BCUT2D eigenvalue weighted by atomic mass is 79.9. The first-order valence-corrected chi connectivity index (χ1v) is 6.67. The predicted molar refractivity (Wildman–Crippen MR) is 76.4 cm³/mol. The number of benzene rings is 2. The van der Waals surface area contributed by atoms with E-state index in [1.54, 1.807) is 30.3 Å². The van der Waals surface area contributed by atoms with E-state index in [-0.39, 0.29) is 11.5 Å². The summed E-state index contributed by atoms with van der Waals surface area (Å²) in [4.78, 5) is 11.6. The van der Waals surface area contributed by atoms with Crippen molar-refractivity contribution in [2.75, 3.05) is 6.61 Å². The standard InChI is InChI=1S/C15H9BrFNO3/c16-11-5-6-14(12(17)7-11)21-15(19)9-20-13-4-2-1-3-10(13)8-18/h1-7H,9H2. The molecular weight excluding hydrogens is 341 g/mol. The lowest BCUT2D eigenvalue weighted by molar-refractivity contribution is -0.136. The minimum Gasteiger partial charge on any atom is -0.481 e. The van der Waals surface area contributed by atoms with Crippen molar-refractivity contribution in [2.45, 2.75) is 0 Å². The van der Waals surface area contributed by atoms with Crippen molar-refractivity contribution in [3.63, 3.8) is 0 Å². The second-order valence-corrected chi connectivity index (χ2v) is 4.86. The number of nitriles is 1. The smallest absolute Gasteiger partial charge is 0.349 e. The third-order valence-electron chi connectivity index (χ3n) is 2.47. The van der Waals surface area contributed by atoms with Crippen LogP contribution >= 0.6 is 15.9 Å². The van der Waals surface area contributed by atoms with Crippen molar-refractivity contribution < 1.29 is 18.7 Å². The highest BCUT2D eigenvalue weighted by Gasteiger charge is 2.11. The molecule has 0 radical (unpaired) electrons. The number of para-hydroxylation sites is 1. The van der Waals surface area contributed by atoms with Crippen LogP contribution in [0.4, 0.5) is 4.39 Å². The fourth-order valence-electron chi connectivity index (χ4n) is 1.53. The molecule has 0 unspecified atom stereocenters. The van der Waals surface area contributed by atoms with Gasteiger partial charge in [-0.25, -0.2) is 9.18 Å². The van der Waals surface area contributed by atoms with Gasteiger partial charge in [0.1, 0.15) is 11.8 Å². The number of halogens is 2. The summed E-state index contributed by atoms with van der Waals surface area (Å²) in [5.41, 5.74) is 0.306. The molecule has 2 aromatic rings. The minimum atomic E-state index is -0.760. The van der Waals surface area contributed by atoms with Gasteiger partial charge in [-0.3, -0.25) is 0 Å². The number of carbonyl (C=O) groups excluding carboxylic acids is 1. The number of esters is 1. The van der Waals surface area contributed by atoms with Crippen molar-refractivity contribution in [3.8, 4) is 17.6 Å². The van der Waals surface area contributed by atoms with E-state index in [2.05, 4.69) is 15.9 Å². The lowest BCUT2D eigenvalue weighted by atomic mass is 10.2. The summed E-state index contributed by atoms with van der Waals surface area (Å²) in [6.45, 7) is -0.422. The Morgan fingerprint density at radius 1 is 1.24 bits per heavy atom. The first-order chi connectivity index (χ1) is 10.1. The van der Waals surface area contributed by atoms with Gasteiger partial charge in [0, 0.05) is 4.47 Å². The van der Waals surface area contributed by atoms with Crippen LogP contribution in [-0.4, -0.2) is 12.6 Å². The van der Waals surface area contributed by atoms with Crippen molar-refractivity contribution in [3.05, 3.63) is 58.3 Å². The zero-order valence-corrected chi connectivity index (χ0v) is 12.3. The van der Waals surface area contributed by atoms with Crippen molar-refractivity contribution in [1.29, 1.82) is 5.26 Å². The predicted octanol–water partition coefficient (Wildman–Crippen LogP) is 3.44. The zero-order chi connectivity index (χ0) is 15.2. The van der Waals surface area contributed by atoms with Gasteiger partial charge in [0.25, 0.3) is 0 Å². The van der Waals surface area contributed by atoms with Gasteiger partial charge in [-0.2, -0.15) is 5.26 Å². The van der Waals surface area contributed by atoms with Crippen LogP contribution in [0.3, 0.4) is 0 Å². The molecule has 0 N–H and O–H groups in total. The summed E-state index contributed by atoms with van der Waals surface area (Å²) in [5.74, 6) is -1.33. The van der Waals surface area contributed by atoms with Crippen molar-refractivity contribution in [1.82, 2.24) is 0 Å². The summed E-state index contributed by atoms with van der Waals surface area (Å²) in [5, 5.41) is 8.88. The molecule has 21 heavy (non-hydrogen) atoms. The van der Waals surface area contributed by atoms with Gasteiger partial charge in [-0.05, 0) is 30.3 Å². The van der Waals surface area contributed by atoms with Crippen LogP contribution in [0.2, 0.25) is 0 Å². The lowest BCUT2D eigenvalue weighted by Gasteiger charge is -2.08. The Morgan fingerprint density at radius 2 is 2.00 bits per heavy atom. The number of hydrogen-bond acceptors (Lipinski definition) is 4. The Morgan fingerprint density at radius 3 is 2.71 bits per heavy atom. The average molecular weight is 350 g/mol. The second-order valence-electron chi connectivity index (χ2n) is 3.95. The molecule has 0 aliphatic heterocycles. The quantitative estimate of drug-likeness (QED) is 0.626. The van der Waals surface area contributed by atoms with E-state index in [0.29, 0.717) is 10.0 Å². The highest BCUT2D eigenvalue weighted by Crippen LogP contribution is 2.22. The number of ether oxygens (including phenoxy) is 2. The fourth-order valence-corrected chi connectivity index (χ4v) is 1.86. The third-order valence-corrected chi connectivity index (χ3v) is 2.96. The molecule has 0 saturated carbocycles. The highest BCUT2D eigenvalue weighted by molar-refractivity contribution is 9.10. The fraction of sp³-hybridized carbons (Fsp3) is 0.0667. The molecule has 4 nitrogen and oxygen atoms in total. The molecule has 0 spiro atoms. The van der Waals surface area contributed by atoms with Crippen LogP contribution < -0.4 is 9.47 Å². The molecule has 2 aromatic carbocycles. The van der Waals surface area contributed by atoms with E-state index in [9.17, 15) is 9.18 Å². The van der Waals surface area contributed by atoms with Crippen molar-refractivity contribution >= 4 is 21.9 Å².